The third kappa shape index (κ3) is 2.30. The molecular formula is C13H17N3O2. The number of fused-ring (bicyclic) bond motifs is 1. The van der Waals surface area contributed by atoms with Crippen molar-refractivity contribution < 1.29 is 9.53 Å². The molecule has 0 saturated carbocycles. The van der Waals surface area contributed by atoms with Crippen molar-refractivity contribution in [2.45, 2.75) is 26.3 Å². The molecule has 1 heterocycles. The maximum Gasteiger partial charge on any atom is 0.330 e. The van der Waals surface area contributed by atoms with Gasteiger partial charge in [0.15, 0.2) is 0 Å². The summed E-state index contributed by atoms with van der Waals surface area (Å²) in [6.07, 6.45) is 0. The van der Waals surface area contributed by atoms with Crippen molar-refractivity contribution in [2.24, 2.45) is 0 Å². The second kappa shape index (κ2) is 4.33. The number of aryl methyl sites for hydroxylation is 1. The van der Waals surface area contributed by atoms with E-state index < -0.39 is 5.54 Å². The smallest absolute Gasteiger partial charge is 0.330 e. The zero-order chi connectivity index (χ0) is 13.3. The molecule has 0 bridgehead atoms. The number of nitrogens with one attached hydrogen (secondary N) is 2. The summed E-state index contributed by atoms with van der Waals surface area (Å²) in [4.78, 5) is 19.1. The minimum absolute atomic E-state index is 0.302. The van der Waals surface area contributed by atoms with Gasteiger partial charge in [0.1, 0.15) is 11.4 Å². The molecule has 2 rings (SSSR count). The molecule has 1 aromatic carbocycles. The predicted molar refractivity (Wildman–Crippen MR) is 70.5 cm³/mol. The first-order valence-electron chi connectivity index (χ1n) is 5.75. The van der Waals surface area contributed by atoms with E-state index in [1.54, 1.807) is 13.8 Å². The quantitative estimate of drug-likeness (QED) is 0.816. The van der Waals surface area contributed by atoms with Crippen molar-refractivity contribution in [3.63, 3.8) is 0 Å². The summed E-state index contributed by atoms with van der Waals surface area (Å²) in [5.74, 6) is 0.567. The van der Waals surface area contributed by atoms with Crippen molar-refractivity contribution in [1.82, 2.24) is 9.97 Å². The summed E-state index contributed by atoms with van der Waals surface area (Å²) in [6.45, 7) is 5.47. The van der Waals surface area contributed by atoms with Gasteiger partial charge >= 0.3 is 5.97 Å². The number of ether oxygens (including phenoxy) is 1. The molecule has 1 aromatic heterocycles. The minimum Gasteiger partial charge on any atom is -0.467 e. The van der Waals surface area contributed by atoms with E-state index in [1.165, 1.54) is 7.11 Å². The molecule has 0 aliphatic rings. The zero-order valence-electron chi connectivity index (χ0n) is 11.0. The molecule has 5 nitrogen and oxygen atoms in total. The lowest BCUT2D eigenvalue weighted by atomic mass is 10.1. The van der Waals surface area contributed by atoms with Crippen molar-refractivity contribution in [2.75, 3.05) is 12.4 Å². The Morgan fingerprint density at radius 1 is 1.44 bits per heavy atom. The molecule has 2 aromatic rings. The van der Waals surface area contributed by atoms with Gasteiger partial charge in [0.2, 0.25) is 0 Å². The first-order chi connectivity index (χ1) is 8.42. The maximum atomic E-state index is 11.6. The predicted octanol–water partition coefficient (Wildman–Crippen LogP) is 2.23. The molecule has 0 aliphatic heterocycles. The molecule has 2 N–H and O–H groups in total. The normalized spacial score (nSPS) is 11.6. The van der Waals surface area contributed by atoms with Crippen LogP contribution < -0.4 is 5.32 Å². The van der Waals surface area contributed by atoms with Gasteiger partial charge in [-0.3, -0.25) is 0 Å². The lowest BCUT2D eigenvalue weighted by Gasteiger charge is -2.24. The van der Waals surface area contributed by atoms with Gasteiger partial charge in [-0.15, -0.1) is 0 Å². The van der Waals surface area contributed by atoms with Crippen LogP contribution in [-0.2, 0) is 9.53 Å². The number of anilines is 1. The molecule has 0 radical (unpaired) electrons. The third-order valence-corrected chi connectivity index (χ3v) is 2.75. The molecule has 0 amide bonds. The van der Waals surface area contributed by atoms with Crippen LogP contribution in [0.1, 0.15) is 19.7 Å². The number of carbonyl (C=O) groups is 1. The number of aromatic amines is 1. The number of aromatic nitrogens is 2. The Morgan fingerprint density at radius 3 is 2.83 bits per heavy atom. The molecule has 18 heavy (non-hydrogen) atoms. The molecular weight excluding hydrogens is 230 g/mol. The van der Waals surface area contributed by atoms with Crippen LogP contribution in [0.15, 0.2) is 18.2 Å². The number of hydrogen-bond acceptors (Lipinski definition) is 4. The highest BCUT2D eigenvalue weighted by Gasteiger charge is 2.28. The van der Waals surface area contributed by atoms with Gasteiger partial charge < -0.3 is 15.0 Å². The Hall–Kier alpha value is -2.04. The van der Waals surface area contributed by atoms with Gasteiger partial charge in [-0.05, 0) is 39.0 Å². The summed E-state index contributed by atoms with van der Waals surface area (Å²) >= 11 is 0. The second-order valence-corrected chi connectivity index (χ2v) is 4.80. The minimum atomic E-state index is -0.766. The molecule has 0 saturated heterocycles. The number of methoxy groups -OCH3 is 1. The summed E-state index contributed by atoms with van der Waals surface area (Å²) in [5, 5.41) is 3.15. The highest BCUT2D eigenvalue weighted by atomic mass is 16.5. The molecule has 0 fully saturated rings. The van der Waals surface area contributed by atoms with E-state index in [4.69, 9.17) is 4.74 Å². The fourth-order valence-corrected chi connectivity index (χ4v) is 1.88. The van der Waals surface area contributed by atoms with Crippen LogP contribution in [-0.4, -0.2) is 28.6 Å². The average Bonchev–Trinajstić information content (AvgIpc) is 2.66. The zero-order valence-corrected chi connectivity index (χ0v) is 11.0. The number of H-pyrrole nitrogens is 1. The number of rotatable bonds is 3. The van der Waals surface area contributed by atoms with Crippen LogP contribution in [0.4, 0.5) is 5.69 Å². The van der Waals surface area contributed by atoms with Crippen molar-refractivity contribution in [1.29, 1.82) is 0 Å². The van der Waals surface area contributed by atoms with Crippen LogP contribution in [0.2, 0.25) is 0 Å². The van der Waals surface area contributed by atoms with Gasteiger partial charge in [-0.25, -0.2) is 9.78 Å². The monoisotopic (exact) mass is 247 g/mol. The maximum absolute atomic E-state index is 11.6. The first-order valence-corrected chi connectivity index (χ1v) is 5.75. The summed E-state index contributed by atoms with van der Waals surface area (Å²) < 4.78 is 4.76. The Kier molecular flexibility index (Phi) is 2.98. The van der Waals surface area contributed by atoms with Crippen molar-refractivity contribution in [3.05, 3.63) is 24.0 Å². The van der Waals surface area contributed by atoms with E-state index in [0.717, 1.165) is 22.5 Å². The highest BCUT2D eigenvalue weighted by Crippen LogP contribution is 2.21. The summed E-state index contributed by atoms with van der Waals surface area (Å²) in [6, 6.07) is 5.74. The number of nitrogens with zero attached hydrogens (tertiary/aromatic N) is 1. The third-order valence-electron chi connectivity index (χ3n) is 2.75. The van der Waals surface area contributed by atoms with Gasteiger partial charge in [0, 0.05) is 5.69 Å². The fraction of sp³-hybridized carbons (Fsp3) is 0.385. The summed E-state index contributed by atoms with van der Waals surface area (Å²) in [7, 11) is 1.38. The Bertz CT molecular complexity index is 587. The highest BCUT2D eigenvalue weighted by molar-refractivity contribution is 5.85. The van der Waals surface area contributed by atoms with Crippen molar-refractivity contribution in [3.8, 4) is 0 Å². The number of hydrogen-bond donors (Lipinski definition) is 2. The average molecular weight is 247 g/mol. The Labute approximate surface area is 106 Å². The molecule has 0 spiro atoms. The van der Waals surface area contributed by atoms with E-state index in [9.17, 15) is 4.79 Å². The van der Waals surface area contributed by atoms with Crippen molar-refractivity contribution >= 4 is 22.7 Å². The van der Waals surface area contributed by atoms with Gasteiger partial charge in [-0.2, -0.15) is 0 Å². The molecule has 0 aliphatic carbocycles. The first kappa shape index (κ1) is 12.4. The second-order valence-electron chi connectivity index (χ2n) is 4.80. The van der Waals surface area contributed by atoms with E-state index >= 15 is 0 Å². The largest absolute Gasteiger partial charge is 0.467 e. The summed E-state index contributed by atoms with van der Waals surface area (Å²) in [5.41, 5.74) is 1.94. The lowest BCUT2D eigenvalue weighted by Crippen LogP contribution is -2.41. The van der Waals surface area contributed by atoms with Crippen LogP contribution in [0.5, 0.6) is 0 Å². The molecule has 5 heteroatoms. The Balaban J connectivity index is 2.29. The standard InChI is InChI=1S/C13H17N3O2/c1-8-14-10-6-5-9(7-11(10)15-8)16-13(2,3)12(17)18-4/h5-7,16H,1-4H3,(H,14,15). The fourth-order valence-electron chi connectivity index (χ4n) is 1.88. The van der Waals surface area contributed by atoms with Crippen LogP contribution >= 0.6 is 0 Å². The van der Waals surface area contributed by atoms with Crippen LogP contribution in [0.3, 0.4) is 0 Å². The number of benzene rings is 1. The van der Waals surface area contributed by atoms with E-state index in [2.05, 4.69) is 15.3 Å². The van der Waals surface area contributed by atoms with Crippen LogP contribution in [0, 0.1) is 6.92 Å². The van der Waals surface area contributed by atoms with E-state index in [-0.39, 0.29) is 5.97 Å². The number of esters is 1. The van der Waals surface area contributed by atoms with E-state index in [0.29, 0.717) is 0 Å². The topological polar surface area (TPSA) is 67.0 Å². The van der Waals surface area contributed by atoms with E-state index in [1.807, 2.05) is 25.1 Å². The number of carbonyl (C=O) groups excluding carboxylic acids is 1. The SMILES string of the molecule is COC(=O)C(C)(C)Nc1ccc2nc(C)[nH]c2c1. The Morgan fingerprint density at radius 2 is 2.17 bits per heavy atom. The van der Waals surface area contributed by atoms with Crippen LogP contribution in [0.25, 0.3) is 11.0 Å². The molecule has 0 atom stereocenters. The number of imidazole rings is 1. The molecule has 0 unspecified atom stereocenters. The van der Waals surface area contributed by atoms with Gasteiger partial charge in [0.05, 0.1) is 18.1 Å². The molecule has 96 valence electrons. The van der Waals surface area contributed by atoms with Gasteiger partial charge in [-0.1, -0.05) is 0 Å². The lowest BCUT2D eigenvalue weighted by molar-refractivity contribution is -0.144. The van der Waals surface area contributed by atoms with Gasteiger partial charge in [0.25, 0.3) is 0 Å².